The molecule has 0 bridgehead atoms. The van der Waals surface area contributed by atoms with Crippen molar-refractivity contribution in [3.8, 4) is 39.1 Å². The average Bonchev–Trinajstić information content (AvgIpc) is 3.93. The molecule has 0 radical (unpaired) electrons. The van der Waals surface area contributed by atoms with Crippen LogP contribution in [0.3, 0.4) is 0 Å². The fourth-order valence-electron chi connectivity index (χ4n) is 10.2. The van der Waals surface area contributed by atoms with E-state index in [0.29, 0.717) is 0 Å². The molecule has 0 saturated carbocycles. The number of nitrogens with zero attached hydrogens (tertiary/aromatic N) is 2. The molecule has 0 aliphatic carbocycles. The van der Waals surface area contributed by atoms with E-state index in [-0.39, 0.29) is 0 Å². The van der Waals surface area contributed by atoms with Gasteiger partial charge in [-0.3, -0.25) is 0 Å². The Morgan fingerprint density at radius 1 is 0.354 bits per heavy atom. The van der Waals surface area contributed by atoms with Crippen LogP contribution in [0.5, 0.6) is 0 Å². The number of furan rings is 1. The number of aromatic nitrogens is 1. The molecule has 0 atom stereocenters. The lowest BCUT2D eigenvalue weighted by Gasteiger charge is -2.26. The molecule has 0 unspecified atom stereocenters. The highest BCUT2D eigenvalue weighted by Crippen LogP contribution is 2.46. The fourth-order valence-corrected chi connectivity index (χ4v) is 10.2. The third kappa shape index (κ3) is 6.05. The number of fused-ring (bicyclic) bond motifs is 9. The Morgan fingerprint density at radius 2 is 0.938 bits per heavy atom. The van der Waals surface area contributed by atoms with Gasteiger partial charge in [0.15, 0.2) is 5.58 Å². The SMILES string of the molecule is c1ccc(-c2ccc(-n3c4ccccc4c4ccc(N(c5ccc(-c6ccc7ccccc7c6-c6ccccc6)cc5)c5cccc6c5oc5ccc7ccccc7c56)cc43)cc2)cc1. The van der Waals surface area contributed by atoms with Gasteiger partial charge < -0.3 is 13.9 Å². The Balaban J connectivity index is 1.02. The number of hydrogen-bond donors (Lipinski definition) is 0. The molecule has 11 aromatic carbocycles. The normalized spacial score (nSPS) is 11.7. The third-order valence-corrected chi connectivity index (χ3v) is 13.2. The first-order valence-corrected chi connectivity index (χ1v) is 22.2. The predicted octanol–water partition coefficient (Wildman–Crippen LogP) is 17.5. The van der Waals surface area contributed by atoms with E-state index in [4.69, 9.17) is 4.42 Å². The molecule has 0 saturated heterocycles. The number of benzene rings is 11. The van der Waals surface area contributed by atoms with Crippen LogP contribution in [0.15, 0.2) is 247 Å². The van der Waals surface area contributed by atoms with E-state index >= 15 is 0 Å². The van der Waals surface area contributed by atoms with Crippen molar-refractivity contribution in [2.45, 2.75) is 0 Å². The summed E-state index contributed by atoms with van der Waals surface area (Å²) in [5.41, 5.74) is 15.4. The lowest BCUT2D eigenvalue weighted by atomic mass is 9.90. The van der Waals surface area contributed by atoms with Crippen LogP contribution in [-0.4, -0.2) is 4.57 Å². The maximum atomic E-state index is 6.94. The maximum Gasteiger partial charge on any atom is 0.159 e. The minimum atomic E-state index is 0.848. The van der Waals surface area contributed by atoms with Crippen molar-refractivity contribution in [1.82, 2.24) is 4.57 Å². The molecule has 0 aliphatic rings. The van der Waals surface area contributed by atoms with Crippen LogP contribution in [-0.2, 0) is 0 Å². The molecular weight excluding hydrogens is 789 g/mol. The summed E-state index contributed by atoms with van der Waals surface area (Å²) in [6, 6.07) is 87.6. The monoisotopic (exact) mass is 828 g/mol. The Kier molecular flexibility index (Phi) is 8.53. The van der Waals surface area contributed by atoms with E-state index in [1.807, 2.05) is 0 Å². The predicted molar refractivity (Wildman–Crippen MR) is 274 cm³/mol. The van der Waals surface area contributed by atoms with Gasteiger partial charge >= 0.3 is 0 Å². The van der Waals surface area contributed by atoms with Crippen LogP contribution < -0.4 is 4.90 Å². The topological polar surface area (TPSA) is 21.3 Å². The second-order valence-corrected chi connectivity index (χ2v) is 16.8. The van der Waals surface area contributed by atoms with Gasteiger partial charge in [0.25, 0.3) is 0 Å². The third-order valence-electron chi connectivity index (χ3n) is 13.2. The summed E-state index contributed by atoms with van der Waals surface area (Å²) in [7, 11) is 0. The molecule has 3 heteroatoms. The van der Waals surface area contributed by atoms with E-state index in [1.54, 1.807) is 0 Å². The zero-order valence-electron chi connectivity index (χ0n) is 35.4. The van der Waals surface area contributed by atoms with E-state index in [1.165, 1.54) is 65.7 Å². The van der Waals surface area contributed by atoms with E-state index in [9.17, 15) is 0 Å². The quantitative estimate of drug-likeness (QED) is 0.160. The number of para-hydroxylation sites is 2. The van der Waals surface area contributed by atoms with Crippen molar-refractivity contribution in [2.24, 2.45) is 0 Å². The Bertz CT molecular complexity index is 3920. The van der Waals surface area contributed by atoms with E-state index in [2.05, 4.69) is 252 Å². The zero-order valence-corrected chi connectivity index (χ0v) is 35.4. The molecule has 0 spiro atoms. The van der Waals surface area contributed by atoms with Crippen molar-refractivity contribution >= 4 is 82.4 Å². The van der Waals surface area contributed by atoms with Crippen LogP contribution in [0, 0.1) is 0 Å². The first kappa shape index (κ1) is 36.9. The molecule has 2 heterocycles. The molecule has 0 N–H and O–H groups in total. The van der Waals surface area contributed by atoms with Crippen LogP contribution in [0.4, 0.5) is 17.1 Å². The summed E-state index contributed by atoms with van der Waals surface area (Å²) < 4.78 is 9.35. The van der Waals surface area contributed by atoms with Crippen LogP contribution in [0.25, 0.3) is 104 Å². The Morgan fingerprint density at radius 3 is 1.72 bits per heavy atom. The molecule has 304 valence electrons. The van der Waals surface area contributed by atoms with Gasteiger partial charge in [0.05, 0.1) is 16.7 Å². The summed E-state index contributed by atoms with van der Waals surface area (Å²) in [6.45, 7) is 0. The number of rotatable bonds is 7. The second-order valence-electron chi connectivity index (χ2n) is 16.8. The first-order valence-electron chi connectivity index (χ1n) is 22.2. The van der Waals surface area contributed by atoms with Gasteiger partial charge in [0.2, 0.25) is 0 Å². The van der Waals surface area contributed by atoms with Crippen molar-refractivity contribution in [2.75, 3.05) is 4.90 Å². The van der Waals surface area contributed by atoms with Gasteiger partial charge in [-0.15, -0.1) is 0 Å². The number of anilines is 3. The standard InChI is InChI=1S/C62H40N2O/c1-3-14-41(15-4-1)42-26-32-48(33-27-42)64-56-24-12-11-22-53(56)54-38-36-49(40-58(54)64)63(57-25-13-23-55-61-51-21-10-8-17-44(51)31-39-59(61)65-62(55)57)47-34-28-45(29-35-47)52-37-30-43-16-7-9-20-50(43)60(52)46-18-5-2-6-19-46/h1-40H. The minimum absolute atomic E-state index is 0.848. The Labute approximate surface area is 376 Å². The largest absolute Gasteiger partial charge is 0.454 e. The Hall–Kier alpha value is -8.66. The molecule has 13 rings (SSSR count). The van der Waals surface area contributed by atoms with Gasteiger partial charge in [-0.1, -0.05) is 188 Å². The second kappa shape index (κ2) is 15.0. The number of hydrogen-bond acceptors (Lipinski definition) is 2. The van der Waals surface area contributed by atoms with E-state index in [0.717, 1.165) is 55.8 Å². The summed E-state index contributed by atoms with van der Waals surface area (Å²) >= 11 is 0. The molecule has 2 aromatic heterocycles. The molecule has 65 heavy (non-hydrogen) atoms. The van der Waals surface area contributed by atoms with Gasteiger partial charge in [-0.2, -0.15) is 0 Å². The highest BCUT2D eigenvalue weighted by molar-refractivity contribution is 6.21. The first-order chi connectivity index (χ1) is 32.2. The van der Waals surface area contributed by atoms with Crippen molar-refractivity contribution in [3.63, 3.8) is 0 Å². The van der Waals surface area contributed by atoms with Crippen LogP contribution >= 0.6 is 0 Å². The lowest BCUT2D eigenvalue weighted by Crippen LogP contribution is -2.10. The minimum Gasteiger partial charge on any atom is -0.454 e. The zero-order chi connectivity index (χ0) is 42.8. The van der Waals surface area contributed by atoms with Crippen LogP contribution in [0.2, 0.25) is 0 Å². The van der Waals surface area contributed by atoms with Gasteiger partial charge in [-0.25, -0.2) is 0 Å². The van der Waals surface area contributed by atoms with Gasteiger partial charge in [-0.05, 0) is 110 Å². The fraction of sp³-hybridized carbons (Fsp3) is 0. The van der Waals surface area contributed by atoms with Gasteiger partial charge in [0.1, 0.15) is 5.58 Å². The molecule has 0 fully saturated rings. The smallest absolute Gasteiger partial charge is 0.159 e. The molecule has 13 aromatic rings. The van der Waals surface area contributed by atoms with Crippen LogP contribution in [0.1, 0.15) is 0 Å². The van der Waals surface area contributed by atoms with Gasteiger partial charge in [0, 0.05) is 38.6 Å². The molecule has 0 amide bonds. The van der Waals surface area contributed by atoms with E-state index < -0.39 is 0 Å². The molecule has 0 aliphatic heterocycles. The molecule has 3 nitrogen and oxygen atoms in total. The lowest BCUT2D eigenvalue weighted by molar-refractivity contribution is 0.669. The maximum absolute atomic E-state index is 6.94. The van der Waals surface area contributed by atoms with Crippen molar-refractivity contribution < 1.29 is 4.42 Å². The highest BCUT2D eigenvalue weighted by Gasteiger charge is 2.23. The average molecular weight is 829 g/mol. The van der Waals surface area contributed by atoms with Crippen molar-refractivity contribution in [1.29, 1.82) is 0 Å². The van der Waals surface area contributed by atoms with Crippen molar-refractivity contribution in [3.05, 3.63) is 243 Å². The summed E-state index contributed by atoms with van der Waals surface area (Å²) in [5.74, 6) is 0. The summed E-state index contributed by atoms with van der Waals surface area (Å²) in [4.78, 5) is 2.37. The molecular formula is C62H40N2O. The summed E-state index contributed by atoms with van der Waals surface area (Å²) in [5, 5.41) is 9.49. The summed E-state index contributed by atoms with van der Waals surface area (Å²) in [6.07, 6.45) is 0. The highest BCUT2D eigenvalue weighted by atomic mass is 16.3.